The van der Waals surface area contributed by atoms with Crippen LogP contribution in [0.3, 0.4) is 0 Å². The first kappa shape index (κ1) is 14.2. The molecule has 0 aromatic carbocycles. The van der Waals surface area contributed by atoms with Crippen molar-refractivity contribution in [2.45, 2.75) is 32.7 Å². The Hall–Kier alpha value is -1.89. The molecule has 1 atom stereocenters. The van der Waals surface area contributed by atoms with Gasteiger partial charge in [-0.1, -0.05) is 5.16 Å². The topological polar surface area (TPSA) is 113 Å². The number of carbonyl (C=O) groups is 2. The molecule has 0 spiro atoms. The first-order valence-corrected chi connectivity index (χ1v) is 5.50. The predicted molar refractivity (Wildman–Crippen MR) is 61.0 cm³/mol. The maximum Gasteiger partial charge on any atom is 0.326 e. The second-order valence-electron chi connectivity index (χ2n) is 3.95. The summed E-state index contributed by atoms with van der Waals surface area (Å²) < 4.78 is 4.91. The van der Waals surface area contributed by atoms with Crippen molar-refractivity contribution in [1.29, 1.82) is 0 Å². The molecule has 0 saturated heterocycles. The van der Waals surface area contributed by atoms with Crippen LogP contribution in [0.15, 0.2) is 4.52 Å². The monoisotopic (exact) mass is 256 g/mol. The summed E-state index contributed by atoms with van der Waals surface area (Å²) in [7, 11) is 0. The Morgan fingerprint density at radius 3 is 2.56 bits per heavy atom. The zero-order chi connectivity index (χ0) is 13.7. The Morgan fingerprint density at radius 1 is 1.44 bits per heavy atom. The molecule has 7 nitrogen and oxygen atoms in total. The minimum absolute atomic E-state index is 0.0103. The lowest BCUT2D eigenvalue weighted by Crippen LogP contribution is -2.42. The molecule has 7 heteroatoms. The predicted octanol–water partition coefficient (Wildman–Crippen LogP) is -0.214. The number of hydrogen-bond acceptors (Lipinski definition) is 5. The molecule has 1 aromatic heterocycles. The molecule has 0 fully saturated rings. The van der Waals surface area contributed by atoms with Crippen LogP contribution in [0.2, 0.25) is 0 Å². The summed E-state index contributed by atoms with van der Waals surface area (Å²) in [6.07, 6.45) is -0.0148. The van der Waals surface area contributed by atoms with Gasteiger partial charge in [-0.25, -0.2) is 4.79 Å². The number of amides is 1. The highest BCUT2D eigenvalue weighted by Crippen LogP contribution is 2.12. The second kappa shape index (κ2) is 6.15. The molecule has 0 aliphatic heterocycles. The van der Waals surface area contributed by atoms with E-state index >= 15 is 0 Å². The molecule has 3 N–H and O–H groups in total. The van der Waals surface area contributed by atoms with E-state index in [0.29, 0.717) is 17.0 Å². The van der Waals surface area contributed by atoms with Gasteiger partial charge < -0.3 is 20.1 Å². The van der Waals surface area contributed by atoms with Gasteiger partial charge in [0.15, 0.2) is 0 Å². The molecular formula is C11H16N2O5. The number of aliphatic carboxylic acids is 1. The van der Waals surface area contributed by atoms with E-state index in [1.165, 1.54) is 0 Å². The highest BCUT2D eigenvalue weighted by Gasteiger charge is 2.21. The SMILES string of the molecule is Cc1noc(C)c1CC(=O)N[C@H](CCO)C(=O)O. The van der Waals surface area contributed by atoms with Gasteiger partial charge in [0.05, 0.1) is 12.1 Å². The summed E-state index contributed by atoms with van der Waals surface area (Å²) in [6, 6.07) is -1.08. The lowest BCUT2D eigenvalue weighted by Gasteiger charge is -2.12. The fourth-order valence-corrected chi connectivity index (χ4v) is 1.55. The molecule has 1 heterocycles. The summed E-state index contributed by atoms with van der Waals surface area (Å²) in [5.41, 5.74) is 1.26. The van der Waals surface area contributed by atoms with Gasteiger partial charge in [0, 0.05) is 18.6 Å². The lowest BCUT2D eigenvalue weighted by atomic mass is 10.1. The number of aromatic nitrogens is 1. The van der Waals surface area contributed by atoms with E-state index in [1.54, 1.807) is 13.8 Å². The van der Waals surface area contributed by atoms with Gasteiger partial charge in [-0.2, -0.15) is 0 Å². The van der Waals surface area contributed by atoms with Gasteiger partial charge in [-0.05, 0) is 13.8 Å². The maximum absolute atomic E-state index is 11.7. The smallest absolute Gasteiger partial charge is 0.326 e. The Bertz CT molecular complexity index is 421. The fourth-order valence-electron chi connectivity index (χ4n) is 1.55. The van der Waals surface area contributed by atoms with Crippen LogP contribution in [0.25, 0.3) is 0 Å². The number of aliphatic hydroxyl groups excluding tert-OH is 1. The third-order valence-corrected chi connectivity index (χ3v) is 2.57. The van der Waals surface area contributed by atoms with Crippen LogP contribution in [0, 0.1) is 13.8 Å². The van der Waals surface area contributed by atoms with Crippen molar-refractivity contribution >= 4 is 11.9 Å². The zero-order valence-electron chi connectivity index (χ0n) is 10.3. The molecule has 0 bridgehead atoms. The summed E-state index contributed by atoms with van der Waals surface area (Å²) in [5.74, 6) is -1.07. The van der Waals surface area contributed by atoms with E-state index in [4.69, 9.17) is 14.7 Å². The van der Waals surface area contributed by atoms with E-state index < -0.39 is 17.9 Å². The van der Waals surface area contributed by atoms with Crippen LogP contribution in [-0.2, 0) is 16.0 Å². The first-order chi connectivity index (χ1) is 8.45. The maximum atomic E-state index is 11.7. The summed E-state index contributed by atoms with van der Waals surface area (Å²) in [5, 5.41) is 23.6. The van der Waals surface area contributed by atoms with Gasteiger partial charge in [-0.15, -0.1) is 0 Å². The minimum atomic E-state index is -1.17. The number of carboxylic acid groups (broad SMARTS) is 1. The summed E-state index contributed by atoms with van der Waals surface area (Å²) in [6.45, 7) is 3.09. The third-order valence-electron chi connectivity index (χ3n) is 2.57. The van der Waals surface area contributed by atoms with Crippen molar-refractivity contribution < 1.29 is 24.3 Å². The van der Waals surface area contributed by atoms with E-state index in [1.807, 2.05) is 0 Å². The Balaban J connectivity index is 2.63. The highest BCUT2D eigenvalue weighted by atomic mass is 16.5. The van der Waals surface area contributed by atoms with Crippen LogP contribution in [0.5, 0.6) is 0 Å². The summed E-state index contributed by atoms with van der Waals surface area (Å²) in [4.78, 5) is 22.5. The number of carbonyl (C=O) groups excluding carboxylic acids is 1. The van der Waals surface area contributed by atoms with Crippen molar-refractivity contribution in [3.05, 3.63) is 17.0 Å². The first-order valence-electron chi connectivity index (χ1n) is 5.50. The van der Waals surface area contributed by atoms with E-state index in [2.05, 4.69) is 10.5 Å². The molecule has 100 valence electrons. The number of aryl methyl sites for hydroxylation is 2. The van der Waals surface area contributed by atoms with E-state index in [9.17, 15) is 9.59 Å². The molecule has 0 unspecified atom stereocenters. The molecular weight excluding hydrogens is 240 g/mol. The van der Waals surface area contributed by atoms with Gasteiger partial charge in [0.25, 0.3) is 0 Å². The molecule has 0 saturated carbocycles. The second-order valence-corrected chi connectivity index (χ2v) is 3.95. The van der Waals surface area contributed by atoms with Crippen molar-refractivity contribution in [2.75, 3.05) is 6.61 Å². The van der Waals surface area contributed by atoms with Gasteiger partial charge in [-0.3, -0.25) is 4.79 Å². The van der Waals surface area contributed by atoms with Crippen molar-refractivity contribution in [3.8, 4) is 0 Å². The molecule has 1 amide bonds. The normalized spacial score (nSPS) is 12.2. The molecule has 1 aromatic rings. The Labute approximate surface area is 104 Å². The standard InChI is InChI=1S/C11H16N2O5/c1-6-8(7(2)18-13-6)5-10(15)12-9(3-4-14)11(16)17/h9,14H,3-5H2,1-2H3,(H,12,15)(H,16,17)/t9-/m1/s1. The molecule has 0 radical (unpaired) electrons. The molecule has 1 rings (SSSR count). The Morgan fingerprint density at radius 2 is 2.11 bits per heavy atom. The largest absolute Gasteiger partial charge is 0.480 e. The van der Waals surface area contributed by atoms with E-state index in [-0.39, 0.29) is 19.4 Å². The number of carboxylic acids is 1. The van der Waals surface area contributed by atoms with Crippen LogP contribution in [0.4, 0.5) is 0 Å². The quantitative estimate of drug-likeness (QED) is 0.649. The fraction of sp³-hybridized carbons (Fsp3) is 0.545. The van der Waals surface area contributed by atoms with Gasteiger partial charge >= 0.3 is 5.97 Å². The van der Waals surface area contributed by atoms with Crippen LogP contribution >= 0.6 is 0 Å². The minimum Gasteiger partial charge on any atom is -0.480 e. The van der Waals surface area contributed by atoms with Gasteiger partial charge in [0.1, 0.15) is 11.8 Å². The molecule has 0 aliphatic carbocycles. The average Bonchev–Trinajstić information content (AvgIpc) is 2.60. The average molecular weight is 256 g/mol. The lowest BCUT2D eigenvalue weighted by molar-refractivity contribution is -0.142. The highest BCUT2D eigenvalue weighted by molar-refractivity contribution is 5.85. The number of nitrogens with one attached hydrogen (secondary N) is 1. The van der Waals surface area contributed by atoms with Gasteiger partial charge in [0.2, 0.25) is 5.91 Å². The van der Waals surface area contributed by atoms with E-state index in [0.717, 1.165) is 0 Å². The Kier molecular flexibility index (Phi) is 4.85. The molecule has 18 heavy (non-hydrogen) atoms. The number of hydrogen-bond donors (Lipinski definition) is 3. The summed E-state index contributed by atoms with van der Waals surface area (Å²) >= 11 is 0. The molecule has 0 aliphatic rings. The third kappa shape index (κ3) is 3.56. The number of nitrogens with zero attached hydrogens (tertiary/aromatic N) is 1. The zero-order valence-corrected chi connectivity index (χ0v) is 10.3. The van der Waals surface area contributed by atoms with Crippen molar-refractivity contribution in [3.63, 3.8) is 0 Å². The van der Waals surface area contributed by atoms with Crippen LogP contribution in [0.1, 0.15) is 23.4 Å². The van der Waals surface area contributed by atoms with Crippen molar-refractivity contribution in [1.82, 2.24) is 10.5 Å². The number of rotatable bonds is 6. The van der Waals surface area contributed by atoms with Crippen molar-refractivity contribution in [2.24, 2.45) is 0 Å². The number of aliphatic hydroxyl groups is 1. The van der Waals surface area contributed by atoms with Crippen LogP contribution in [-0.4, -0.2) is 39.9 Å². The van der Waals surface area contributed by atoms with Crippen LogP contribution < -0.4 is 5.32 Å².